The molecule has 0 radical (unpaired) electrons. The number of benzene rings is 1. The number of nitrogens with two attached hydrogens (primary N) is 1. The van der Waals surface area contributed by atoms with Gasteiger partial charge in [-0.15, -0.1) is 0 Å². The monoisotopic (exact) mass is 286 g/mol. The van der Waals surface area contributed by atoms with Crippen LogP contribution in [-0.2, 0) is 0 Å². The lowest BCUT2D eigenvalue weighted by Crippen LogP contribution is -2.26. The zero-order valence-corrected chi connectivity index (χ0v) is 11.3. The number of nitro groups is 1. The summed E-state index contributed by atoms with van der Waals surface area (Å²) in [4.78, 5) is 14.4. The van der Waals surface area contributed by atoms with Crippen molar-refractivity contribution in [1.29, 1.82) is 0 Å². The molecule has 21 heavy (non-hydrogen) atoms. The van der Waals surface area contributed by atoms with Crippen molar-refractivity contribution in [3.05, 3.63) is 58.4 Å². The first-order valence-electron chi connectivity index (χ1n) is 6.06. The Bertz CT molecular complexity index is 704. The van der Waals surface area contributed by atoms with E-state index in [0.29, 0.717) is 11.4 Å². The topological polar surface area (TPSA) is 111 Å². The Morgan fingerprint density at radius 1 is 1.38 bits per heavy atom. The van der Waals surface area contributed by atoms with Crippen LogP contribution in [0.1, 0.15) is 5.69 Å². The lowest BCUT2D eigenvalue weighted by Gasteiger charge is -2.06. The zero-order valence-electron chi connectivity index (χ0n) is 11.3. The molecule has 1 aromatic carbocycles. The number of para-hydroxylation sites is 2. The summed E-state index contributed by atoms with van der Waals surface area (Å²) in [7, 11) is 1.54. The minimum Gasteiger partial charge on any atom is -0.369 e. The van der Waals surface area contributed by atoms with Crippen LogP contribution in [0.4, 0.5) is 5.69 Å². The van der Waals surface area contributed by atoms with Crippen LogP contribution in [0.2, 0.25) is 0 Å². The van der Waals surface area contributed by atoms with Gasteiger partial charge < -0.3 is 10.3 Å². The number of hydrogen-bond acceptors (Lipinski definition) is 4. The van der Waals surface area contributed by atoms with E-state index in [0.717, 1.165) is 0 Å². The van der Waals surface area contributed by atoms with Gasteiger partial charge in [-0.25, -0.2) is 5.43 Å². The molecule has 8 nitrogen and oxygen atoms in total. The minimum atomic E-state index is -0.420. The van der Waals surface area contributed by atoms with Crippen molar-refractivity contribution < 1.29 is 4.92 Å². The van der Waals surface area contributed by atoms with E-state index in [-0.39, 0.29) is 11.6 Å². The van der Waals surface area contributed by atoms with E-state index < -0.39 is 4.92 Å². The second-order valence-electron chi connectivity index (χ2n) is 4.03. The molecule has 0 aliphatic carbocycles. The fourth-order valence-electron chi connectivity index (χ4n) is 1.76. The van der Waals surface area contributed by atoms with Gasteiger partial charge in [-0.3, -0.25) is 15.1 Å². The van der Waals surface area contributed by atoms with Gasteiger partial charge in [0, 0.05) is 19.3 Å². The van der Waals surface area contributed by atoms with Gasteiger partial charge in [-0.05, 0) is 18.2 Å². The lowest BCUT2D eigenvalue weighted by molar-refractivity contribution is -0.384. The zero-order chi connectivity index (χ0) is 15.2. The first kappa shape index (κ1) is 14.3. The maximum absolute atomic E-state index is 11.1. The molecule has 8 heteroatoms. The molecule has 0 saturated heterocycles. The van der Waals surface area contributed by atoms with Gasteiger partial charge in [0.05, 0.1) is 16.8 Å². The summed E-state index contributed by atoms with van der Waals surface area (Å²) in [6.07, 6.45) is 3.23. The third-order valence-electron chi connectivity index (χ3n) is 2.74. The minimum absolute atomic E-state index is 0.0194. The second-order valence-corrected chi connectivity index (χ2v) is 4.03. The van der Waals surface area contributed by atoms with Crippen molar-refractivity contribution in [2.75, 3.05) is 7.05 Å². The number of nitrogens with one attached hydrogen (secondary N) is 1. The number of rotatable bonds is 4. The van der Waals surface area contributed by atoms with Crippen LogP contribution in [0, 0.1) is 10.1 Å². The van der Waals surface area contributed by atoms with Crippen LogP contribution in [0.5, 0.6) is 0 Å². The predicted octanol–water partition coefficient (Wildman–Crippen LogP) is 1.25. The van der Waals surface area contributed by atoms with Gasteiger partial charge in [-0.1, -0.05) is 12.1 Å². The fraction of sp³-hybridized carbons (Fsp3) is 0.0769. The Labute approximate surface area is 120 Å². The Kier molecular flexibility index (Phi) is 4.30. The molecule has 0 aliphatic heterocycles. The molecular weight excluding hydrogens is 272 g/mol. The highest BCUT2D eigenvalue weighted by atomic mass is 16.6. The van der Waals surface area contributed by atoms with E-state index in [4.69, 9.17) is 5.73 Å². The summed E-state index contributed by atoms with van der Waals surface area (Å²) in [6.45, 7) is 0. The van der Waals surface area contributed by atoms with Gasteiger partial charge in [0.25, 0.3) is 5.69 Å². The van der Waals surface area contributed by atoms with Crippen LogP contribution in [0.15, 0.2) is 52.7 Å². The summed E-state index contributed by atoms with van der Waals surface area (Å²) < 4.78 is 1.67. The van der Waals surface area contributed by atoms with E-state index in [1.165, 1.54) is 19.3 Å². The molecule has 0 bridgehead atoms. The molecule has 0 unspecified atom stereocenters. The van der Waals surface area contributed by atoms with Gasteiger partial charge in [0.1, 0.15) is 5.69 Å². The quantitative estimate of drug-likeness (QED) is 0.381. The molecule has 108 valence electrons. The van der Waals surface area contributed by atoms with Crippen molar-refractivity contribution in [2.45, 2.75) is 0 Å². The molecule has 0 spiro atoms. The van der Waals surface area contributed by atoms with E-state index in [9.17, 15) is 10.1 Å². The first-order valence-corrected chi connectivity index (χ1v) is 6.06. The average Bonchev–Trinajstić information content (AvgIpc) is 2.95. The molecule has 2 aromatic rings. The molecule has 0 fully saturated rings. The standard InChI is InChI=1S/C13H14N6O2/c1-15-13(14)17-16-9-10-5-4-8-18(10)11-6-2-3-7-12(11)19(20)21/h2-9H,1H3,(H3,14,15,17)/b16-9+. The normalized spacial score (nSPS) is 11.8. The third-order valence-corrected chi connectivity index (χ3v) is 2.74. The number of nitro benzene ring substituents is 1. The van der Waals surface area contributed by atoms with E-state index in [1.54, 1.807) is 41.1 Å². The number of aromatic nitrogens is 1. The van der Waals surface area contributed by atoms with Crippen LogP contribution in [-0.4, -0.2) is 28.7 Å². The summed E-state index contributed by atoms with van der Waals surface area (Å²) >= 11 is 0. The Morgan fingerprint density at radius 2 is 2.14 bits per heavy atom. The van der Waals surface area contributed by atoms with Gasteiger partial charge in [-0.2, -0.15) is 5.10 Å². The highest BCUT2D eigenvalue weighted by molar-refractivity contribution is 5.82. The number of hydrazone groups is 1. The largest absolute Gasteiger partial charge is 0.369 e. The molecule has 2 rings (SSSR count). The highest BCUT2D eigenvalue weighted by Gasteiger charge is 2.15. The van der Waals surface area contributed by atoms with E-state index in [2.05, 4.69) is 15.5 Å². The second kappa shape index (κ2) is 6.33. The van der Waals surface area contributed by atoms with Crippen molar-refractivity contribution in [3.8, 4) is 5.69 Å². The summed E-state index contributed by atoms with van der Waals surface area (Å²) in [5.74, 6) is 0.176. The molecule has 0 aliphatic rings. The first-order chi connectivity index (χ1) is 10.1. The van der Waals surface area contributed by atoms with Gasteiger partial charge in [0.2, 0.25) is 5.96 Å². The van der Waals surface area contributed by atoms with Gasteiger partial charge >= 0.3 is 0 Å². The molecule has 1 aromatic heterocycles. The van der Waals surface area contributed by atoms with Crippen LogP contribution >= 0.6 is 0 Å². The fourth-order valence-corrected chi connectivity index (χ4v) is 1.76. The lowest BCUT2D eigenvalue weighted by atomic mass is 10.2. The molecule has 0 atom stereocenters. The van der Waals surface area contributed by atoms with Crippen LogP contribution in [0.25, 0.3) is 5.69 Å². The van der Waals surface area contributed by atoms with Crippen LogP contribution < -0.4 is 11.2 Å². The third kappa shape index (κ3) is 3.24. The van der Waals surface area contributed by atoms with Crippen LogP contribution in [0.3, 0.4) is 0 Å². The van der Waals surface area contributed by atoms with Gasteiger partial charge in [0.15, 0.2) is 0 Å². The Hall–Kier alpha value is -3.16. The summed E-state index contributed by atoms with van der Waals surface area (Å²) in [5.41, 5.74) is 9.14. The molecular formula is C13H14N6O2. The molecule has 1 heterocycles. The number of guanidine groups is 1. The molecule has 0 amide bonds. The number of hydrogen-bond donors (Lipinski definition) is 2. The average molecular weight is 286 g/mol. The maximum atomic E-state index is 11.1. The Balaban J connectivity index is 2.35. The van der Waals surface area contributed by atoms with Crippen molar-refractivity contribution >= 4 is 17.9 Å². The van der Waals surface area contributed by atoms with Crippen molar-refractivity contribution in [1.82, 2.24) is 9.99 Å². The predicted molar refractivity (Wildman–Crippen MR) is 80.7 cm³/mol. The smallest absolute Gasteiger partial charge is 0.293 e. The SMILES string of the molecule is CN=C(N)N/N=C/c1cccn1-c1ccccc1[N+](=O)[O-]. The highest BCUT2D eigenvalue weighted by Crippen LogP contribution is 2.23. The van der Waals surface area contributed by atoms with Crippen molar-refractivity contribution in [3.63, 3.8) is 0 Å². The summed E-state index contributed by atoms with van der Waals surface area (Å²) in [6, 6.07) is 10.0. The molecule has 0 saturated carbocycles. The number of nitrogens with zero attached hydrogens (tertiary/aromatic N) is 4. The molecule has 3 N–H and O–H groups in total. The van der Waals surface area contributed by atoms with E-state index >= 15 is 0 Å². The Morgan fingerprint density at radius 3 is 2.86 bits per heavy atom. The van der Waals surface area contributed by atoms with Crippen molar-refractivity contribution in [2.24, 2.45) is 15.8 Å². The maximum Gasteiger partial charge on any atom is 0.293 e. The van der Waals surface area contributed by atoms with E-state index in [1.807, 2.05) is 0 Å². The summed E-state index contributed by atoms with van der Waals surface area (Å²) in [5, 5.41) is 15.0. The number of aliphatic imine (C=N–C) groups is 1.